The summed E-state index contributed by atoms with van der Waals surface area (Å²) in [4.78, 5) is 26.1. The van der Waals surface area contributed by atoms with Gasteiger partial charge in [0.15, 0.2) is 0 Å². The van der Waals surface area contributed by atoms with Gasteiger partial charge in [0.2, 0.25) is 5.91 Å². The van der Waals surface area contributed by atoms with Crippen LogP contribution in [-0.4, -0.2) is 17.5 Å². The van der Waals surface area contributed by atoms with Gasteiger partial charge in [0.25, 0.3) is 5.91 Å². The van der Waals surface area contributed by atoms with Gasteiger partial charge in [0.1, 0.15) is 0 Å². The molecule has 0 saturated heterocycles. The molecule has 0 atom stereocenters. The maximum atomic E-state index is 12.6. The Bertz CT molecular complexity index is 924. The fraction of sp³-hybridized carbons (Fsp3) is 0.435. The molecule has 5 nitrogen and oxygen atoms in total. The molecule has 2 amide bonds. The van der Waals surface area contributed by atoms with E-state index in [1.807, 2.05) is 36.6 Å². The van der Waals surface area contributed by atoms with E-state index >= 15 is 0 Å². The third kappa shape index (κ3) is 4.58. The van der Waals surface area contributed by atoms with Crippen LogP contribution in [0.5, 0.6) is 0 Å². The minimum atomic E-state index is -0.135. The molecule has 1 heterocycles. The molecule has 2 aromatic rings. The number of nitrogens with zero attached hydrogens (tertiary/aromatic N) is 1. The summed E-state index contributed by atoms with van der Waals surface area (Å²) in [6, 6.07) is 7.61. The number of carbonyl (C=O) groups excluding carboxylic acids is 2. The number of thiophene rings is 1. The van der Waals surface area contributed by atoms with Crippen molar-refractivity contribution in [1.82, 2.24) is 5.43 Å². The standard InChI is InChI=1S/C23H27N3O2S/c1-15(25-26-23(28)20-14-29-21-9-5-4-8-19(20)21)16-10-12-18(13-11-16)24-22(27)17-6-2-3-7-17/h10-14,17H,2-9H2,1H3,(H,24,27)(H,26,28). The zero-order chi connectivity index (χ0) is 20.2. The van der Waals surface area contributed by atoms with Crippen molar-refractivity contribution in [3.8, 4) is 0 Å². The van der Waals surface area contributed by atoms with Crippen molar-refractivity contribution in [2.24, 2.45) is 11.0 Å². The number of amides is 2. The van der Waals surface area contributed by atoms with E-state index in [4.69, 9.17) is 0 Å². The van der Waals surface area contributed by atoms with Crippen molar-refractivity contribution in [2.75, 3.05) is 5.32 Å². The van der Waals surface area contributed by atoms with Gasteiger partial charge in [0.05, 0.1) is 11.3 Å². The molecule has 2 aliphatic carbocycles. The zero-order valence-electron chi connectivity index (χ0n) is 16.8. The molecule has 29 heavy (non-hydrogen) atoms. The maximum absolute atomic E-state index is 12.6. The lowest BCUT2D eigenvalue weighted by molar-refractivity contribution is -0.119. The van der Waals surface area contributed by atoms with Crippen molar-refractivity contribution in [2.45, 2.75) is 58.3 Å². The Balaban J connectivity index is 1.36. The van der Waals surface area contributed by atoms with Crippen LogP contribution in [0.2, 0.25) is 0 Å². The van der Waals surface area contributed by atoms with E-state index in [0.29, 0.717) is 0 Å². The molecule has 6 heteroatoms. The summed E-state index contributed by atoms with van der Waals surface area (Å²) in [5.41, 5.74) is 7.12. The van der Waals surface area contributed by atoms with Crippen LogP contribution < -0.4 is 10.7 Å². The predicted octanol–water partition coefficient (Wildman–Crippen LogP) is 4.91. The van der Waals surface area contributed by atoms with Gasteiger partial charge in [-0.05, 0) is 68.7 Å². The second kappa shape index (κ2) is 8.91. The second-order valence-corrected chi connectivity index (χ2v) is 8.91. The first-order valence-corrected chi connectivity index (χ1v) is 11.3. The Morgan fingerprint density at radius 2 is 1.76 bits per heavy atom. The van der Waals surface area contributed by atoms with Gasteiger partial charge < -0.3 is 5.32 Å². The monoisotopic (exact) mass is 409 g/mol. The van der Waals surface area contributed by atoms with Gasteiger partial charge >= 0.3 is 0 Å². The molecule has 1 aromatic heterocycles. The number of fused-ring (bicyclic) bond motifs is 1. The minimum Gasteiger partial charge on any atom is -0.326 e. The van der Waals surface area contributed by atoms with Gasteiger partial charge in [-0.15, -0.1) is 11.3 Å². The summed E-state index contributed by atoms with van der Waals surface area (Å²) in [7, 11) is 0. The minimum absolute atomic E-state index is 0.118. The highest BCUT2D eigenvalue weighted by Crippen LogP contribution is 2.30. The van der Waals surface area contributed by atoms with Crippen LogP contribution in [0.1, 0.15) is 71.8 Å². The van der Waals surface area contributed by atoms with Crippen LogP contribution in [0, 0.1) is 5.92 Å². The summed E-state index contributed by atoms with van der Waals surface area (Å²) in [5, 5.41) is 9.24. The van der Waals surface area contributed by atoms with E-state index in [2.05, 4.69) is 15.8 Å². The SMILES string of the molecule is CC(=NNC(=O)c1csc2c1CCCC2)c1ccc(NC(=O)C2CCCC2)cc1. The normalized spacial score (nSPS) is 17.1. The van der Waals surface area contributed by atoms with E-state index in [9.17, 15) is 9.59 Å². The number of benzene rings is 1. The van der Waals surface area contributed by atoms with Gasteiger partial charge in [-0.2, -0.15) is 5.10 Å². The van der Waals surface area contributed by atoms with Crippen LogP contribution in [0.25, 0.3) is 0 Å². The molecular formula is C23H27N3O2S. The van der Waals surface area contributed by atoms with Crippen molar-refractivity contribution in [3.63, 3.8) is 0 Å². The number of hydrogen-bond donors (Lipinski definition) is 2. The highest BCUT2D eigenvalue weighted by Gasteiger charge is 2.22. The zero-order valence-corrected chi connectivity index (χ0v) is 17.6. The Morgan fingerprint density at radius 1 is 1.03 bits per heavy atom. The Morgan fingerprint density at radius 3 is 2.52 bits per heavy atom. The first kappa shape index (κ1) is 19.8. The molecule has 0 spiro atoms. The van der Waals surface area contributed by atoms with Gasteiger partial charge in [0, 0.05) is 21.9 Å². The molecule has 152 valence electrons. The van der Waals surface area contributed by atoms with E-state index in [1.165, 1.54) is 16.9 Å². The van der Waals surface area contributed by atoms with Crippen LogP contribution in [-0.2, 0) is 17.6 Å². The second-order valence-electron chi connectivity index (χ2n) is 7.94. The molecule has 0 bridgehead atoms. The summed E-state index contributed by atoms with van der Waals surface area (Å²) in [6.07, 6.45) is 8.70. The third-order valence-corrected chi connectivity index (χ3v) is 7.02. The molecule has 0 radical (unpaired) electrons. The topological polar surface area (TPSA) is 70.6 Å². The van der Waals surface area contributed by atoms with Crippen LogP contribution in [0.3, 0.4) is 0 Å². The first-order valence-electron chi connectivity index (χ1n) is 10.5. The number of nitrogens with one attached hydrogen (secondary N) is 2. The molecule has 4 rings (SSSR count). The molecule has 1 aromatic carbocycles. The lowest BCUT2D eigenvalue weighted by Crippen LogP contribution is -2.21. The smallest absolute Gasteiger partial charge is 0.272 e. The first-order chi connectivity index (χ1) is 14.1. The third-order valence-electron chi connectivity index (χ3n) is 5.93. The van der Waals surface area contributed by atoms with Crippen molar-refractivity contribution in [1.29, 1.82) is 0 Å². The lowest BCUT2D eigenvalue weighted by Gasteiger charge is -2.12. The van der Waals surface area contributed by atoms with Gasteiger partial charge in [-0.3, -0.25) is 9.59 Å². The number of hydrazone groups is 1. The molecule has 2 N–H and O–H groups in total. The fourth-order valence-electron chi connectivity index (χ4n) is 4.17. The van der Waals surface area contributed by atoms with E-state index < -0.39 is 0 Å². The number of hydrogen-bond acceptors (Lipinski definition) is 4. The molecule has 0 aliphatic heterocycles. The molecule has 1 saturated carbocycles. The van der Waals surface area contributed by atoms with Crippen LogP contribution >= 0.6 is 11.3 Å². The van der Waals surface area contributed by atoms with Crippen LogP contribution in [0.4, 0.5) is 5.69 Å². The van der Waals surface area contributed by atoms with Gasteiger partial charge in [-0.25, -0.2) is 5.43 Å². The van der Waals surface area contributed by atoms with Gasteiger partial charge in [-0.1, -0.05) is 25.0 Å². The fourth-order valence-corrected chi connectivity index (χ4v) is 5.30. The number of aryl methyl sites for hydroxylation is 1. The van der Waals surface area contributed by atoms with Crippen LogP contribution in [0.15, 0.2) is 34.7 Å². The van der Waals surface area contributed by atoms with Crippen molar-refractivity contribution < 1.29 is 9.59 Å². The molecular weight excluding hydrogens is 382 g/mol. The Labute approximate surface area is 175 Å². The molecule has 2 aliphatic rings. The largest absolute Gasteiger partial charge is 0.326 e. The maximum Gasteiger partial charge on any atom is 0.272 e. The molecule has 1 fully saturated rings. The highest BCUT2D eigenvalue weighted by atomic mass is 32.1. The Hall–Kier alpha value is -2.47. The van der Waals surface area contributed by atoms with E-state index in [0.717, 1.165) is 67.5 Å². The highest BCUT2D eigenvalue weighted by molar-refractivity contribution is 7.10. The number of anilines is 1. The summed E-state index contributed by atoms with van der Waals surface area (Å²) >= 11 is 1.68. The Kier molecular flexibility index (Phi) is 6.09. The van der Waals surface area contributed by atoms with Crippen molar-refractivity contribution >= 4 is 34.6 Å². The average molecular weight is 410 g/mol. The predicted molar refractivity (Wildman–Crippen MR) is 118 cm³/mol. The average Bonchev–Trinajstić information content (AvgIpc) is 3.42. The number of carbonyl (C=O) groups is 2. The van der Waals surface area contributed by atoms with E-state index in [-0.39, 0.29) is 17.7 Å². The number of rotatable bonds is 5. The quantitative estimate of drug-likeness (QED) is 0.544. The lowest BCUT2D eigenvalue weighted by atomic mass is 9.96. The molecule has 0 unspecified atom stereocenters. The summed E-state index contributed by atoms with van der Waals surface area (Å²) in [6.45, 7) is 1.87. The summed E-state index contributed by atoms with van der Waals surface area (Å²) in [5.74, 6) is 0.132. The van der Waals surface area contributed by atoms with E-state index in [1.54, 1.807) is 11.3 Å². The summed E-state index contributed by atoms with van der Waals surface area (Å²) < 4.78 is 0. The van der Waals surface area contributed by atoms with Crippen molar-refractivity contribution in [3.05, 3.63) is 51.2 Å².